The van der Waals surface area contributed by atoms with Gasteiger partial charge >= 0.3 is 12.4 Å². The van der Waals surface area contributed by atoms with E-state index >= 15 is 0 Å². The first-order valence-corrected chi connectivity index (χ1v) is 8.91. The molecule has 5 nitrogen and oxygen atoms in total. The van der Waals surface area contributed by atoms with Gasteiger partial charge < -0.3 is 5.32 Å². The number of nitrogens with one attached hydrogen (secondary N) is 2. The van der Waals surface area contributed by atoms with Crippen LogP contribution in [0.2, 0.25) is 0 Å². The van der Waals surface area contributed by atoms with Crippen LogP contribution in [0.4, 0.5) is 32.0 Å². The highest BCUT2D eigenvalue weighted by Crippen LogP contribution is 2.31. The number of hydrogen-bond donors (Lipinski definition) is 2. The maximum absolute atomic E-state index is 12.7. The Kier molecular flexibility index (Phi) is 5.92. The molecule has 0 spiro atoms. The molecule has 0 atom stereocenters. The zero-order valence-corrected chi connectivity index (χ0v) is 14.5. The maximum atomic E-state index is 12.7. The van der Waals surface area contributed by atoms with Crippen LogP contribution in [-0.4, -0.2) is 27.0 Å². The lowest BCUT2D eigenvalue weighted by Crippen LogP contribution is -2.33. The number of rotatable bonds is 5. The van der Waals surface area contributed by atoms with E-state index in [0.717, 1.165) is 42.5 Å². The summed E-state index contributed by atoms with van der Waals surface area (Å²) in [5, 5.41) is 1.59. The molecule has 1 amide bonds. The summed E-state index contributed by atoms with van der Waals surface area (Å²) < 4.78 is 101. The van der Waals surface area contributed by atoms with Crippen LogP contribution in [0.15, 0.2) is 53.4 Å². The van der Waals surface area contributed by atoms with E-state index in [1.807, 2.05) is 4.72 Å². The van der Waals surface area contributed by atoms with Gasteiger partial charge in [-0.1, -0.05) is 12.1 Å². The second-order valence-electron chi connectivity index (χ2n) is 5.51. The molecule has 2 rings (SSSR count). The van der Waals surface area contributed by atoms with Crippen molar-refractivity contribution in [2.75, 3.05) is 11.3 Å². The number of anilines is 1. The molecule has 0 aliphatic rings. The average molecular weight is 426 g/mol. The van der Waals surface area contributed by atoms with E-state index in [1.54, 1.807) is 5.32 Å². The highest BCUT2D eigenvalue weighted by Gasteiger charge is 2.31. The van der Waals surface area contributed by atoms with Crippen molar-refractivity contribution in [1.82, 2.24) is 5.32 Å². The molecule has 0 saturated heterocycles. The number of carbonyl (C=O) groups excluding carboxylic acids is 1. The van der Waals surface area contributed by atoms with Crippen molar-refractivity contribution in [3.8, 4) is 0 Å². The Bertz CT molecular complexity index is 971. The van der Waals surface area contributed by atoms with Crippen LogP contribution in [-0.2, 0) is 16.2 Å². The van der Waals surface area contributed by atoms with Gasteiger partial charge in [0.2, 0.25) is 0 Å². The molecule has 0 aromatic heterocycles. The van der Waals surface area contributed by atoms with Crippen molar-refractivity contribution in [3.05, 3.63) is 59.7 Å². The van der Waals surface area contributed by atoms with Crippen molar-refractivity contribution < 1.29 is 39.6 Å². The fourth-order valence-corrected chi connectivity index (χ4v) is 3.16. The van der Waals surface area contributed by atoms with Gasteiger partial charge in [0.1, 0.15) is 6.54 Å². The minimum absolute atomic E-state index is 0.365. The lowest BCUT2D eigenvalue weighted by Gasteiger charge is -2.12. The number of carbonyl (C=O) groups is 1. The van der Waals surface area contributed by atoms with Crippen molar-refractivity contribution in [2.45, 2.75) is 17.2 Å². The summed E-state index contributed by atoms with van der Waals surface area (Å²) in [5.41, 5.74) is -1.81. The minimum atomic E-state index is -4.68. The second-order valence-corrected chi connectivity index (χ2v) is 7.19. The minimum Gasteiger partial charge on any atom is -0.343 e. The summed E-state index contributed by atoms with van der Waals surface area (Å²) in [7, 11) is -4.39. The molecule has 2 N–H and O–H groups in total. The van der Waals surface area contributed by atoms with Crippen LogP contribution in [0.1, 0.15) is 15.9 Å². The molecule has 0 bridgehead atoms. The smallest absolute Gasteiger partial charge is 0.343 e. The Morgan fingerprint density at radius 1 is 0.929 bits per heavy atom. The summed E-state index contributed by atoms with van der Waals surface area (Å²) in [6.07, 6.45) is -9.33. The van der Waals surface area contributed by atoms with E-state index in [4.69, 9.17) is 0 Å². The Morgan fingerprint density at radius 2 is 1.57 bits per heavy atom. The van der Waals surface area contributed by atoms with Crippen LogP contribution < -0.4 is 10.0 Å². The molecular formula is C16H12F6N2O3S. The van der Waals surface area contributed by atoms with Crippen LogP contribution in [0.3, 0.4) is 0 Å². The van der Waals surface area contributed by atoms with Gasteiger partial charge in [-0.05, 0) is 36.4 Å². The van der Waals surface area contributed by atoms with Gasteiger partial charge in [-0.3, -0.25) is 9.52 Å². The van der Waals surface area contributed by atoms with E-state index < -0.39 is 45.3 Å². The molecule has 0 unspecified atom stereocenters. The topological polar surface area (TPSA) is 75.3 Å². The Balaban J connectivity index is 2.24. The van der Waals surface area contributed by atoms with Crippen molar-refractivity contribution >= 4 is 21.6 Å². The van der Waals surface area contributed by atoms with Gasteiger partial charge in [0.15, 0.2) is 0 Å². The first-order chi connectivity index (χ1) is 12.8. The lowest BCUT2D eigenvalue weighted by molar-refractivity contribution is -0.137. The SMILES string of the molecule is O=C(NCC(F)(F)F)c1cccc(S(=O)(=O)Nc2cccc(C(F)(F)F)c2)c1. The summed E-state index contributed by atoms with van der Waals surface area (Å²) >= 11 is 0. The van der Waals surface area contributed by atoms with Gasteiger partial charge in [0, 0.05) is 11.3 Å². The molecule has 2 aromatic rings. The van der Waals surface area contributed by atoms with Gasteiger partial charge in [0.25, 0.3) is 15.9 Å². The number of halogens is 6. The maximum Gasteiger partial charge on any atom is 0.416 e. The number of amides is 1. The molecule has 0 radical (unpaired) electrons. The third kappa shape index (κ3) is 5.87. The molecule has 0 saturated carbocycles. The molecule has 0 fully saturated rings. The summed E-state index contributed by atoms with van der Waals surface area (Å²) in [4.78, 5) is 11.2. The summed E-state index contributed by atoms with van der Waals surface area (Å²) in [6, 6.07) is 7.48. The number of alkyl halides is 6. The highest BCUT2D eigenvalue weighted by molar-refractivity contribution is 7.92. The largest absolute Gasteiger partial charge is 0.416 e. The zero-order chi connectivity index (χ0) is 21.2. The van der Waals surface area contributed by atoms with Gasteiger partial charge in [-0.15, -0.1) is 0 Å². The van der Waals surface area contributed by atoms with Crippen LogP contribution in [0.5, 0.6) is 0 Å². The summed E-state index contributed by atoms with van der Waals surface area (Å²) in [5.74, 6) is -1.16. The highest BCUT2D eigenvalue weighted by atomic mass is 32.2. The number of sulfonamides is 1. The van der Waals surface area contributed by atoms with Gasteiger partial charge in [-0.25, -0.2) is 8.42 Å². The van der Waals surface area contributed by atoms with Gasteiger partial charge in [0.05, 0.1) is 10.5 Å². The number of benzene rings is 2. The fraction of sp³-hybridized carbons (Fsp3) is 0.188. The molecular weight excluding hydrogens is 414 g/mol. The fourth-order valence-electron chi connectivity index (χ4n) is 2.06. The lowest BCUT2D eigenvalue weighted by atomic mass is 10.2. The molecule has 12 heteroatoms. The van der Waals surface area contributed by atoms with E-state index in [9.17, 15) is 39.6 Å². The summed E-state index contributed by atoms with van der Waals surface area (Å²) in [6.45, 7) is -1.61. The van der Waals surface area contributed by atoms with Crippen molar-refractivity contribution in [2.24, 2.45) is 0 Å². The third-order valence-corrected chi connectivity index (χ3v) is 4.68. The Labute approximate surface area is 155 Å². The molecule has 0 aliphatic heterocycles. The quantitative estimate of drug-likeness (QED) is 0.715. The second kappa shape index (κ2) is 7.70. The molecule has 0 heterocycles. The average Bonchev–Trinajstić information content (AvgIpc) is 2.58. The third-order valence-electron chi connectivity index (χ3n) is 3.30. The van der Waals surface area contributed by atoms with Crippen LogP contribution in [0, 0.1) is 0 Å². The molecule has 152 valence electrons. The van der Waals surface area contributed by atoms with Gasteiger partial charge in [-0.2, -0.15) is 26.3 Å². The van der Waals surface area contributed by atoms with Crippen molar-refractivity contribution in [3.63, 3.8) is 0 Å². The van der Waals surface area contributed by atoms with E-state index in [-0.39, 0.29) is 11.3 Å². The number of hydrogen-bond acceptors (Lipinski definition) is 3. The van der Waals surface area contributed by atoms with E-state index in [0.29, 0.717) is 6.07 Å². The Hall–Kier alpha value is -2.76. The van der Waals surface area contributed by atoms with Crippen LogP contribution in [0.25, 0.3) is 0 Å². The van der Waals surface area contributed by atoms with Crippen LogP contribution >= 0.6 is 0 Å². The van der Waals surface area contributed by atoms with E-state index in [2.05, 4.69) is 0 Å². The zero-order valence-electron chi connectivity index (χ0n) is 13.7. The van der Waals surface area contributed by atoms with E-state index in [1.165, 1.54) is 0 Å². The standard InChI is InChI=1S/C16H12F6N2O3S/c17-15(18,19)9-23-14(25)10-3-1-6-13(7-10)28(26,27)24-12-5-2-4-11(8-12)16(20,21)22/h1-8,24H,9H2,(H,23,25). The molecule has 2 aromatic carbocycles. The first-order valence-electron chi connectivity index (χ1n) is 7.43. The predicted molar refractivity (Wildman–Crippen MR) is 87.1 cm³/mol. The monoisotopic (exact) mass is 426 g/mol. The predicted octanol–water partition coefficient (Wildman–Crippen LogP) is 3.80. The van der Waals surface area contributed by atoms with Crippen molar-refractivity contribution in [1.29, 1.82) is 0 Å². The Morgan fingerprint density at radius 3 is 2.18 bits per heavy atom. The molecule has 0 aliphatic carbocycles. The first kappa shape index (κ1) is 21.5. The molecule has 28 heavy (non-hydrogen) atoms. The normalized spacial score (nSPS) is 12.5.